The van der Waals surface area contributed by atoms with E-state index < -0.39 is 0 Å². The average Bonchev–Trinajstić information content (AvgIpc) is 3.44. The van der Waals surface area contributed by atoms with Gasteiger partial charge in [0.25, 0.3) is 0 Å². The Labute approximate surface area is 171 Å². The Morgan fingerprint density at radius 3 is 2.59 bits per heavy atom. The monoisotopic (exact) mass is 389 g/mol. The van der Waals surface area contributed by atoms with Gasteiger partial charge in [0.2, 0.25) is 17.6 Å². The molecule has 4 rings (SSSR count). The molecule has 5 nitrogen and oxygen atoms in total. The fraction of sp³-hybridized carbons (Fsp3) is 0.375. The van der Waals surface area contributed by atoms with E-state index >= 15 is 0 Å². The van der Waals surface area contributed by atoms with Gasteiger partial charge in [0.1, 0.15) is 0 Å². The van der Waals surface area contributed by atoms with Crippen molar-refractivity contribution in [2.45, 2.75) is 51.0 Å². The predicted octanol–water partition coefficient (Wildman–Crippen LogP) is 4.85. The van der Waals surface area contributed by atoms with Crippen molar-refractivity contribution in [2.75, 3.05) is 6.54 Å². The molecule has 1 aliphatic heterocycles. The number of likely N-dealkylation sites (tertiary alicyclic amines) is 1. The minimum Gasteiger partial charge on any atom is -0.339 e. The molecule has 0 aliphatic carbocycles. The van der Waals surface area contributed by atoms with Crippen LogP contribution in [0.3, 0.4) is 0 Å². The molecule has 1 amide bonds. The maximum atomic E-state index is 13.0. The Morgan fingerprint density at radius 1 is 1.14 bits per heavy atom. The zero-order chi connectivity index (χ0) is 20.1. The van der Waals surface area contributed by atoms with Crippen LogP contribution in [0.2, 0.25) is 0 Å². The Kier molecular flexibility index (Phi) is 6.03. The zero-order valence-corrected chi connectivity index (χ0v) is 16.8. The van der Waals surface area contributed by atoms with Gasteiger partial charge in [-0.15, -0.1) is 0 Å². The molecule has 1 aromatic heterocycles. The van der Waals surface area contributed by atoms with Gasteiger partial charge in [-0.2, -0.15) is 4.98 Å². The number of carbonyl (C=O) groups is 1. The van der Waals surface area contributed by atoms with Crippen molar-refractivity contribution in [3.8, 4) is 11.4 Å². The molecule has 0 N–H and O–H groups in total. The molecule has 2 heterocycles. The number of rotatable bonds is 7. The summed E-state index contributed by atoms with van der Waals surface area (Å²) in [7, 11) is 0. The van der Waals surface area contributed by atoms with Crippen molar-refractivity contribution in [1.29, 1.82) is 0 Å². The molecule has 0 unspecified atom stereocenters. The molecule has 1 saturated heterocycles. The van der Waals surface area contributed by atoms with Crippen molar-refractivity contribution in [3.05, 3.63) is 72.1 Å². The minimum atomic E-state index is 0.182. The minimum absolute atomic E-state index is 0.182. The molecular weight excluding hydrogens is 362 g/mol. The number of aryl methyl sites for hydroxylation is 1. The van der Waals surface area contributed by atoms with E-state index in [4.69, 9.17) is 4.52 Å². The van der Waals surface area contributed by atoms with Crippen LogP contribution >= 0.6 is 0 Å². The maximum Gasteiger partial charge on any atom is 0.227 e. The highest BCUT2D eigenvalue weighted by molar-refractivity contribution is 5.77. The second kappa shape index (κ2) is 9.03. The lowest BCUT2D eigenvalue weighted by Crippen LogP contribution is -2.39. The number of amides is 1. The van der Waals surface area contributed by atoms with Crippen LogP contribution in [0.25, 0.3) is 11.4 Å². The lowest BCUT2D eigenvalue weighted by molar-refractivity contribution is -0.132. The van der Waals surface area contributed by atoms with E-state index in [1.165, 1.54) is 5.56 Å². The van der Waals surface area contributed by atoms with Crippen molar-refractivity contribution in [2.24, 2.45) is 0 Å². The summed E-state index contributed by atoms with van der Waals surface area (Å²) in [5.74, 6) is 1.65. The summed E-state index contributed by atoms with van der Waals surface area (Å²) >= 11 is 0. The van der Waals surface area contributed by atoms with Crippen LogP contribution < -0.4 is 0 Å². The first-order valence-corrected chi connectivity index (χ1v) is 10.5. The third kappa shape index (κ3) is 4.39. The number of benzene rings is 2. The molecule has 1 aliphatic rings. The van der Waals surface area contributed by atoms with E-state index in [0.717, 1.165) is 31.4 Å². The van der Waals surface area contributed by atoms with Crippen LogP contribution in [-0.2, 0) is 11.2 Å². The molecule has 2 aromatic carbocycles. The summed E-state index contributed by atoms with van der Waals surface area (Å²) in [4.78, 5) is 19.5. The van der Waals surface area contributed by atoms with Gasteiger partial charge >= 0.3 is 0 Å². The van der Waals surface area contributed by atoms with E-state index in [1.54, 1.807) is 0 Å². The van der Waals surface area contributed by atoms with Crippen LogP contribution in [0.15, 0.2) is 65.2 Å². The molecule has 29 heavy (non-hydrogen) atoms. The Hall–Kier alpha value is -2.95. The zero-order valence-electron chi connectivity index (χ0n) is 16.8. The van der Waals surface area contributed by atoms with Crippen molar-refractivity contribution in [3.63, 3.8) is 0 Å². The summed E-state index contributed by atoms with van der Waals surface area (Å²) < 4.78 is 5.37. The molecule has 5 heteroatoms. The summed E-state index contributed by atoms with van der Waals surface area (Å²) in [5.41, 5.74) is 2.24. The van der Waals surface area contributed by atoms with Crippen LogP contribution in [0.5, 0.6) is 0 Å². The van der Waals surface area contributed by atoms with Crippen molar-refractivity contribution >= 4 is 5.91 Å². The van der Waals surface area contributed by atoms with Gasteiger partial charge in [-0.1, -0.05) is 72.7 Å². The van der Waals surface area contributed by atoms with Gasteiger partial charge in [-0.3, -0.25) is 4.79 Å². The molecule has 150 valence electrons. The van der Waals surface area contributed by atoms with Crippen LogP contribution in [0.4, 0.5) is 0 Å². The van der Waals surface area contributed by atoms with Crippen molar-refractivity contribution < 1.29 is 9.32 Å². The highest BCUT2D eigenvalue weighted by Crippen LogP contribution is 2.34. The predicted molar refractivity (Wildman–Crippen MR) is 112 cm³/mol. The van der Waals surface area contributed by atoms with Crippen LogP contribution in [-0.4, -0.2) is 33.5 Å². The number of hydrogen-bond donors (Lipinski definition) is 0. The number of aromatic nitrogens is 2. The van der Waals surface area contributed by atoms with Gasteiger partial charge < -0.3 is 9.42 Å². The topological polar surface area (TPSA) is 59.2 Å². The molecule has 0 bridgehead atoms. The molecule has 0 spiro atoms. The van der Waals surface area contributed by atoms with E-state index in [2.05, 4.69) is 46.2 Å². The van der Waals surface area contributed by atoms with Gasteiger partial charge in [0.05, 0.1) is 0 Å². The van der Waals surface area contributed by atoms with E-state index in [1.807, 2.05) is 36.4 Å². The first-order chi connectivity index (χ1) is 14.3. The largest absolute Gasteiger partial charge is 0.339 e. The van der Waals surface area contributed by atoms with E-state index in [0.29, 0.717) is 30.5 Å². The number of carbonyl (C=O) groups excluding carboxylic acids is 1. The standard InChI is InChI=1S/C24H27N3O2/c1-2-20(18-10-5-3-6-11-18)21-14-9-17-27(21)23(28)16-15-22-25-24(26-29-22)19-12-7-4-8-13-19/h3-8,10-13,20-21H,2,9,14-17H2,1H3/t20-,21+/m1/s1. The first-order valence-electron chi connectivity index (χ1n) is 10.5. The Bertz CT molecular complexity index is 924. The Morgan fingerprint density at radius 2 is 1.86 bits per heavy atom. The highest BCUT2D eigenvalue weighted by Gasteiger charge is 2.34. The first kappa shape index (κ1) is 19.4. The third-order valence-electron chi connectivity index (χ3n) is 5.80. The summed E-state index contributed by atoms with van der Waals surface area (Å²) in [6.45, 7) is 3.05. The summed E-state index contributed by atoms with van der Waals surface area (Å²) in [6, 6.07) is 20.6. The van der Waals surface area contributed by atoms with E-state index in [9.17, 15) is 4.79 Å². The van der Waals surface area contributed by atoms with Gasteiger partial charge in [0, 0.05) is 36.9 Å². The smallest absolute Gasteiger partial charge is 0.227 e. The molecule has 1 fully saturated rings. The maximum absolute atomic E-state index is 13.0. The normalized spacial score (nSPS) is 17.4. The van der Waals surface area contributed by atoms with Crippen LogP contribution in [0, 0.1) is 0 Å². The second-order valence-electron chi connectivity index (χ2n) is 7.60. The Balaban J connectivity index is 1.40. The molecule has 0 radical (unpaired) electrons. The van der Waals surface area contributed by atoms with Gasteiger partial charge in [-0.25, -0.2) is 0 Å². The summed E-state index contributed by atoms with van der Waals surface area (Å²) in [6.07, 6.45) is 4.04. The second-order valence-corrected chi connectivity index (χ2v) is 7.60. The quantitative estimate of drug-likeness (QED) is 0.579. The van der Waals surface area contributed by atoms with Gasteiger partial charge in [0.15, 0.2) is 0 Å². The van der Waals surface area contributed by atoms with E-state index in [-0.39, 0.29) is 11.9 Å². The fourth-order valence-electron chi connectivity index (χ4n) is 4.37. The van der Waals surface area contributed by atoms with Crippen molar-refractivity contribution in [1.82, 2.24) is 15.0 Å². The van der Waals surface area contributed by atoms with Crippen LogP contribution in [0.1, 0.15) is 50.0 Å². The fourth-order valence-corrected chi connectivity index (χ4v) is 4.37. The summed E-state index contributed by atoms with van der Waals surface area (Å²) in [5, 5.41) is 4.05. The lowest BCUT2D eigenvalue weighted by Gasteiger charge is -2.31. The number of hydrogen-bond acceptors (Lipinski definition) is 4. The van der Waals surface area contributed by atoms with Gasteiger partial charge in [-0.05, 0) is 24.8 Å². The lowest BCUT2D eigenvalue weighted by atomic mass is 9.87. The average molecular weight is 389 g/mol. The third-order valence-corrected chi connectivity index (χ3v) is 5.80. The molecule has 2 atom stereocenters. The highest BCUT2D eigenvalue weighted by atomic mass is 16.5. The number of nitrogens with zero attached hydrogens (tertiary/aromatic N) is 3. The molecule has 0 saturated carbocycles. The molecule has 3 aromatic rings. The SMILES string of the molecule is CC[C@H](c1ccccc1)[C@@H]1CCCN1C(=O)CCc1nc(-c2ccccc2)no1. The molecular formula is C24H27N3O2.